The van der Waals surface area contributed by atoms with E-state index in [4.69, 9.17) is 0 Å². The molecule has 2 heterocycles. The van der Waals surface area contributed by atoms with E-state index in [9.17, 15) is 12.8 Å². The van der Waals surface area contributed by atoms with Gasteiger partial charge in [0.25, 0.3) is 10.2 Å². The molecule has 1 aliphatic heterocycles. The van der Waals surface area contributed by atoms with Gasteiger partial charge in [0.15, 0.2) is 0 Å². The van der Waals surface area contributed by atoms with Gasteiger partial charge < -0.3 is 5.32 Å². The summed E-state index contributed by atoms with van der Waals surface area (Å²) in [7, 11) is -0.387. The van der Waals surface area contributed by atoms with Gasteiger partial charge in [-0.05, 0) is 18.2 Å². The van der Waals surface area contributed by atoms with Crippen LogP contribution in [-0.4, -0.2) is 60.2 Å². The zero-order valence-electron chi connectivity index (χ0n) is 12.2. The van der Waals surface area contributed by atoms with Crippen molar-refractivity contribution in [2.45, 2.75) is 6.04 Å². The molecule has 7 nitrogen and oxygen atoms in total. The monoisotopic (exact) mass is 325 g/mol. The molecule has 1 aliphatic rings. The zero-order valence-corrected chi connectivity index (χ0v) is 13.0. The van der Waals surface area contributed by atoms with Crippen LogP contribution in [0.1, 0.15) is 0 Å². The number of nitrogens with zero attached hydrogens (tertiary/aromatic N) is 4. The topological polar surface area (TPSA) is 78.4 Å². The number of halogens is 1. The quantitative estimate of drug-likeness (QED) is 0.894. The number of nitrogens with one attached hydrogen (secondary N) is 1. The smallest absolute Gasteiger partial charge is 0.281 e. The molecule has 22 heavy (non-hydrogen) atoms. The Morgan fingerprint density at radius 2 is 2.05 bits per heavy atom. The van der Waals surface area contributed by atoms with Crippen LogP contribution in [0.3, 0.4) is 0 Å². The third-order valence-electron chi connectivity index (χ3n) is 3.57. The van der Waals surface area contributed by atoms with Gasteiger partial charge in [-0.15, -0.1) is 0 Å². The van der Waals surface area contributed by atoms with Crippen molar-refractivity contribution in [3.8, 4) is 0 Å². The third-order valence-corrected chi connectivity index (χ3v) is 5.45. The second-order valence-electron chi connectivity index (χ2n) is 5.33. The number of anilines is 1. The molecule has 2 aromatic rings. The lowest BCUT2D eigenvalue weighted by Gasteiger charge is -2.39. The van der Waals surface area contributed by atoms with Crippen molar-refractivity contribution in [1.82, 2.24) is 18.6 Å². The van der Waals surface area contributed by atoms with E-state index in [0.29, 0.717) is 29.8 Å². The standard InChI is InChI=1S/C13H16FN5O2S/c1-18(2)22(20,21)19-6-10(7-19)17-13-11-5-9(14)3-4-12(11)15-8-16-13/h3-5,8,10H,6-7H2,1-2H3,(H,15,16,17). The van der Waals surface area contributed by atoms with E-state index in [0.717, 1.165) is 0 Å². The molecule has 1 saturated heterocycles. The van der Waals surface area contributed by atoms with Crippen LogP contribution < -0.4 is 5.32 Å². The van der Waals surface area contributed by atoms with Gasteiger partial charge in [0.05, 0.1) is 11.6 Å². The van der Waals surface area contributed by atoms with Gasteiger partial charge in [-0.3, -0.25) is 0 Å². The van der Waals surface area contributed by atoms with Gasteiger partial charge in [0.2, 0.25) is 0 Å². The highest BCUT2D eigenvalue weighted by molar-refractivity contribution is 7.86. The fraction of sp³-hybridized carbons (Fsp3) is 0.385. The van der Waals surface area contributed by atoms with E-state index in [1.807, 2.05) is 0 Å². The summed E-state index contributed by atoms with van der Waals surface area (Å²) >= 11 is 0. The lowest BCUT2D eigenvalue weighted by atomic mass is 10.1. The molecule has 0 aliphatic carbocycles. The van der Waals surface area contributed by atoms with E-state index in [1.165, 1.54) is 41.2 Å². The molecule has 3 rings (SSSR count). The van der Waals surface area contributed by atoms with E-state index in [1.54, 1.807) is 6.07 Å². The van der Waals surface area contributed by atoms with Gasteiger partial charge in [-0.1, -0.05) is 0 Å². The van der Waals surface area contributed by atoms with Crippen LogP contribution in [-0.2, 0) is 10.2 Å². The predicted octanol–water partition coefficient (Wildman–Crippen LogP) is 0.671. The lowest BCUT2D eigenvalue weighted by molar-refractivity contribution is 0.264. The first-order valence-corrected chi connectivity index (χ1v) is 8.12. The molecule has 0 bridgehead atoms. The fourth-order valence-corrected chi connectivity index (χ4v) is 3.48. The van der Waals surface area contributed by atoms with Crippen LogP contribution >= 0.6 is 0 Å². The summed E-state index contributed by atoms with van der Waals surface area (Å²) in [6, 6.07) is 4.23. The van der Waals surface area contributed by atoms with Crippen molar-refractivity contribution < 1.29 is 12.8 Å². The van der Waals surface area contributed by atoms with Crippen LogP contribution in [0.2, 0.25) is 0 Å². The number of aromatic nitrogens is 2. The molecule has 0 amide bonds. The molecule has 118 valence electrons. The molecule has 0 radical (unpaired) electrons. The maximum absolute atomic E-state index is 13.4. The molecular weight excluding hydrogens is 309 g/mol. The number of hydrogen-bond acceptors (Lipinski definition) is 5. The number of hydrogen-bond donors (Lipinski definition) is 1. The first-order valence-electron chi connectivity index (χ1n) is 6.72. The van der Waals surface area contributed by atoms with E-state index >= 15 is 0 Å². The predicted molar refractivity (Wildman–Crippen MR) is 81.1 cm³/mol. The molecule has 0 atom stereocenters. The third kappa shape index (κ3) is 2.62. The number of rotatable bonds is 4. The van der Waals surface area contributed by atoms with Crippen molar-refractivity contribution in [2.24, 2.45) is 0 Å². The van der Waals surface area contributed by atoms with Crippen LogP contribution in [0.5, 0.6) is 0 Å². The fourth-order valence-electron chi connectivity index (χ4n) is 2.29. The summed E-state index contributed by atoms with van der Waals surface area (Å²) in [5, 5.41) is 3.73. The van der Waals surface area contributed by atoms with Gasteiger partial charge in [-0.2, -0.15) is 17.0 Å². The molecule has 1 aromatic heterocycles. The van der Waals surface area contributed by atoms with Gasteiger partial charge in [0.1, 0.15) is 18.0 Å². The Morgan fingerprint density at radius 1 is 1.32 bits per heavy atom. The van der Waals surface area contributed by atoms with E-state index in [-0.39, 0.29) is 11.9 Å². The van der Waals surface area contributed by atoms with Gasteiger partial charge >= 0.3 is 0 Å². The van der Waals surface area contributed by atoms with Crippen molar-refractivity contribution in [3.05, 3.63) is 30.3 Å². The summed E-state index contributed by atoms with van der Waals surface area (Å²) in [6.07, 6.45) is 1.40. The highest BCUT2D eigenvalue weighted by atomic mass is 32.2. The minimum Gasteiger partial charge on any atom is -0.364 e. The summed E-state index contributed by atoms with van der Waals surface area (Å²) in [6.45, 7) is 0.697. The second-order valence-corrected chi connectivity index (χ2v) is 7.47. The average Bonchev–Trinajstić information content (AvgIpc) is 2.42. The number of fused-ring (bicyclic) bond motifs is 1. The minimum absolute atomic E-state index is 0.0592. The lowest BCUT2D eigenvalue weighted by Crippen LogP contribution is -2.59. The average molecular weight is 325 g/mol. The molecular formula is C13H16FN5O2S. The Kier molecular flexibility index (Phi) is 3.71. The Hall–Kier alpha value is -1.84. The van der Waals surface area contributed by atoms with Crippen LogP contribution in [0, 0.1) is 5.82 Å². The maximum Gasteiger partial charge on any atom is 0.281 e. The maximum atomic E-state index is 13.4. The Balaban J connectivity index is 1.75. The highest BCUT2D eigenvalue weighted by Gasteiger charge is 2.37. The molecule has 1 aromatic carbocycles. The van der Waals surface area contributed by atoms with Crippen molar-refractivity contribution in [1.29, 1.82) is 0 Å². The Morgan fingerprint density at radius 3 is 2.73 bits per heavy atom. The normalized spacial score (nSPS) is 16.9. The molecule has 1 fully saturated rings. The van der Waals surface area contributed by atoms with Gasteiger partial charge in [0, 0.05) is 32.6 Å². The molecule has 0 unspecified atom stereocenters. The summed E-state index contributed by atoms with van der Waals surface area (Å²) in [4.78, 5) is 8.21. The Bertz CT molecular complexity index is 805. The van der Waals surface area contributed by atoms with E-state index in [2.05, 4.69) is 15.3 Å². The van der Waals surface area contributed by atoms with Crippen LogP contribution in [0.25, 0.3) is 10.9 Å². The first-order chi connectivity index (χ1) is 10.4. The van der Waals surface area contributed by atoms with Crippen molar-refractivity contribution in [2.75, 3.05) is 32.5 Å². The number of benzene rings is 1. The summed E-state index contributed by atoms with van der Waals surface area (Å²) in [5.41, 5.74) is 0.635. The molecule has 1 N–H and O–H groups in total. The van der Waals surface area contributed by atoms with Gasteiger partial charge in [-0.25, -0.2) is 14.4 Å². The second kappa shape index (κ2) is 5.41. The molecule has 9 heteroatoms. The van der Waals surface area contributed by atoms with Crippen LogP contribution in [0.4, 0.5) is 10.2 Å². The molecule has 0 saturated carbocycles. The van der Waals surface area contributed by atoms with Crippen molar-refractivity contribution >= 4 is 26.9 Å². The SMILES string of the molecule is CN(C)S(=O)(=O)N1CC(Nc2ncnc3ccc(F)cc23)C1. The summed E-state index contributed by atoms with van der Waals surface area (Å²) < 4.78 is 39.8. The van der Waals surface area contributed by atoms with Crippen LogP contribution in [0.15, 0.2) is 24.5 Å². The molecule has 0 spiro atoms. The summed E-state index contributed by atoms with van der Waals surface area (Å²) in [5.74, 6) is 0.146. The van der Waals surface area contributed by atoms with E-state index < -0.39 is 10.2 Å². The first kappa shape index (κ1) is 15.1. The minimum atomic E-state index is -3.38. The zero-order chi connectivity index (χ0) is 15.9. The Labute approximate surface area is 128 Å². The largest absolute Gasteiger partial charge is 0.364 e. The van der Waals surface area contributed by atoms with Crippen molar-refractivity contribution in [3.63, 3.8) is 0 Å². The highest BCUT2D eigenvalue weighted by Crippen LogP contribution is 2.24.